The van der Waals surface area contributed by atoms with Gasteiger partial charge in [-0.05, 0) is 26.1 Å². The van der Waals surface area contributed by atoms with Crippen LogP contribution in [0, 0.1) is 6.92 Å². The van der Waals surface area contributed by atoms with Crippen molar-refractivity contribution in [2.24, 2.45) is 5.73 Å². The second kappa shape index (κ2) is 5.39. The molecule has 0 bridgehead atoms. The smallest absolute Gasteiger partial charge is 0.240 e. The maximum Gasteiger partial charge on any atom is 0.240 e. The van der Waals surface area contributed by atoms with Crippen LogP contribution in [0.3, 0.4) is 0 Å². The highest BCUT2D eigenvalue weighted by Gasteiger charge is 2.08. The Morgan fingerprint density at radius 2 is 2.24 bits per heavy atom. The van der Waals surface area contributed by atoms with Crippen molar-refractivity contribution in [2.75, 3.05) is 7.05 Å². The topological polar surface area (TPSA) is 68.2 Å². The van der Waals surface area contributed by atoms with Crippen molar-refractivity contribution >= 4 is 11.3 Å². The molecule has 0 saturated heterocycles. The highest BCUT2D eigenvalue weighted by Crippen LogP contribution is 2.17. The number of aryl methyl sites for hydroxylation is 1. The molecule has 0 aromatic carbocycles. The van der Waals surface area contributed by atoms with E-state index in [1.165, 1.54) is 9.75 Å². The highest BCUT2D eigenvalue weighted by molar-refractivity contribution is 7.11. The standard InChI is InChI=1S/C11H16N4OS/c1-8-3-4-9(17-8)6-15(2)7-10-13-11(5-12)16-14-10/h3-4H,5-7,12H2,1-2H3. The summed E-state index contributed by atoms with van der Waals surface area (Å²) in [5.41, 5.74) is 5.41. The van der Waals surface area contributed by atoms with Gasteiger partial charge in [0.05, 0.1) is 13.1 Å². The summed E-state index contributed by atoms with van der Waals surface area (Å²) in [5.74, 6) is 1.17. The molecule has 0 radical (unpaired) electrons. The molecule has 6 heteroatoms. The van der Waals surface area contributed by atoms with Crippen LogP contribution in [0.1, 0.15) is 21.5 Å². The Labute approximate surface area is 104 Å². The van der Waals surface area contributed by atoms with Gasteiger partial charge in [-0.3, -0.25) is 4.90 Å². The van der Waals surface area contributed by atoms with Crippen molar-refractivity contribution < 1.29 is 4.52 Å². The molecule has 0 unspecified atom stereocenters. The zero-order valence-electron chi connectivity index (χ0n) is 10.0. The van der Waals surface area contributed by atoms with Crippen molar-refractivity contribution in [1.29, 1.82) is 0 Å². The lowest BCUT2D eigenvalue weighted by atomic mass is 10.4. The van der Waals surface area contributed by atoms with Crippen LogP contribution in [0.2, 0.25) is 0 Å². The molecule has 0 fully saturated rings. The summed E-state index contributed by atoms with van der Waals surface area (Å²) in [5, 5.41) is 3.87. The summed E-state index contributed by atoms with van der Waals surface area (Å²) in [6, 6.07) is 4.28. The number of aromatic nitrogens is 2. The molecule has 2 rings (SSSR count). The number of nitrogens with two attached hydrogens (primary N) is 1. The average Bonchev–Trinajstić information content (AvgIpc) is 2.88. The lowest BCUT2D eigenvalue weighted by molar-refractivity contribution is 0.302. The molecule has 2 aromatic heterocycles. The van der Waals surface area contributed by atoms with Crippen molar-refractivity contribution in [3.63, 3.8) is 0 Å². The summed E-state index contributed by atoms with van der Waals surface area (Å²) in [7, 11) is 2.04. The van der Waals surface area contributed by atoms with E-state index >= 15 is 0 Å². The van der Waals surface area contributed by atoms with Crippen LogP contribution < -0.4 is 5.73 Å². The SMILES string of the molecule is Cc1ccc(CN(C)Cc2noc(CN)n2)s1. The van der Waals surface area contributed by atoms with E-state index in [0.29, 0.717) is 24.8 Å². The zero-order valence-corrected chi connectivity index (χ0v) is 10.8. The fraction of sp³-hybridized carbons (Fsp3) is 0.455. The van der Waals surface area contributed by atoms with Gasteiger partial charge in [-0.1, -0.05) is 5.16 Å². The average molecular weight is 252 g/mol. The first-order valence-electron chi connectivity index (χ1n) is 5.43. The van der Waals surface area contributed by atoms with E-state index in [4.69, 9.17) is 10.3 Å². The minimum Gasteiger partial charge on any atom is -0.338 e. The third kappa shape index (κ3) is 3.36. The van der Waals surface area contributed by atoms with Gasteiger partial charge >= 0.3 is 0 Å². The molecular formula is C11H16N4OS. The molecule has 5 nitrogen and oxygen atoms in total. The first kappa shape index (κ1) is 12.2. The van der Waals surface area contributed by atoms with Gasteiger partial charge in [-0.2, -0.15) is 4.98 Å². The maximum absolute atomic E-state index is 5.41. The molecule has 2 heterocycles. The van der Waals surface area contributed by atoms with Crippen molar-refractivity contribution in [3.8, 4) is 0 Å². The van der Waals surface area contributed by atoms with Gasteiger partial charge in [0.1, 0.15) is 0 Å². The molecule has 0 aliphatic heterocycles. The Hall–Kier alpha value is -1.24. The number of hydrogen-bond acceptors (Lipinski definition) is 6. The van der Waals surface area contributed by atoms with Gasteiger partial charge in [-0.25, -0.2) is 0 Å². The second-order valence-electron chi connectivity index (χ2n) is 3.99. The predicted molar refractivity (Wildman–Crippen MR) is 66.4 cm³/mol. The zero-order chi connectivity index (χ0) is 12.3. The van der Waals surface area contributed by atoms with Crippen LogP contribution >= 0.6 is 11.3 Å². The molecule has 0 saturated carbocycles. The number of nitrogens with zero attached hydrogens (tertiary/aromatic N) is 3. The van der Waals surface area contributed by atoms with E-state index in [1.807, 2.05) is 18.4 Å². The molecule has 0 spiro atoms. The van der Waals surface area contributed by atoms with Gasteiger partial charge < -0.3 is 10.3 Å². The van der Waals surface area contributed by atoms with Crippen LogP contribution in [0.25, 0.3) is 0 Å². The summed E-state index contributed by atoms with van der Waals surface area (Å²) in [4.78, 5) is 9.00. The molecule has 92 valence electrons. The van der Waals surface area contributed by atoms with E-state index in [9.17, 15) is 0 Å². The van der Waals surface area contributed by atoms with Crippen molar-refractivity contribution in [1.82, 2.24) is 15.0 Å². The summed E-state index contributed by atoms with van der Waals surface area (Å²) < 4.78 is 4.96. The number of rotatable bonds is 5. The fourth-order valence-electron chi connectivity index (χ4n) is 1.57. The Kier molecular flexibility index (Phi) is 3.88. The third-order valence-electron chi connectivity index (χ3n) is 2.32. The molecule has 0 amide bonds. The minimum absolute atomic E-state index is 0.292. The van der Waals surface area contributed by atoms with Crippen LogP contribution in [0.5, 0.6) is 0 Å². The quantitative estimate of drug-likeness (QED) is 0.874. The third-order valence-corrected chi connectivity index (χ3v) is 3.30. The molecule has 0 aliphatic rings. The molecule has 2 aromatic rings. The fourth-order valence-corrected chi connectivity index (χ4v) is 2.54. The van der Waals surface area contributed by atoms with Crippen LogP contribution in [-0.4, -0.2) is 22.1 Å². The Morgan fingerprint density at radius 3 is 2.82 bits per heavy atom. The number of hydrogen-bond donors (Lipinski definition) is 1. The van der Waals surface area contributed by atoms with Gasteiger partial charge in [0.15, 0.2) is 5.82 Å². The Balaban J connectivity index is 1.90. The largest absolute Gasteiger partial charge is 0.338 e. The number of thiophene rings is 1. The Bertz CT molecular complexity index is 479. The Morgan fingerprint density at radius 1 is 1.41 bits per heavy atom. The predicted octanol–water partition coefficient (Wildman–Crippen LogP) is 1.53. The molecular weight excluding hydrogens is 236 g/mol. The van der Waals surface area contributed by atoms with Crippen LogP contribution in [-0.2, 0) is 19.6 Å². The maximum atomic E-state index is 5.41. The molecule has 2 N–H and O–H groups in total. The first-order chi connectivity index (χ1) is 8.17. The van der Waals surface area contributed by atoms with E-state index in [0.717, 1.165) is 6.54 Å². The van der Waals surface area contributed by atoms with Crippen molar-refractivity contribution in [3.05, 3.63) is 33.6 Å². The lowest BCUT2D eigenvalue weighted by Gasteiger charge is -2.12. The van der Waals surface area contributed by atoms with Gasteiger partial charge in [-0.15, -0.1) is 11.3 Å². The minimum atomic E-state index is 0.292. The molecule has 0 aliphatic carbocycles. The van der Waals surface area contributed by atoms with E-state index in [2.05, 4.69) is 34.1 Å². The first-order valence-corrected chi connectivity index (χ1v) is 6.24. The van der Waals surface area contributed by atoms with E-state index in [1.54, 1.807) is 0 Å². The van der Waals surface area contributed by atoms with E-state index < -0.39 is 0 Å². The normalized spacial score (nSPS) is 11.3. The highest BCUT2D eigenvalue weighted by atomic mass is 32.1. The van der Waals surface area contributed by atoms with E-state index in [-0.39, 0.29) is 0 Å². The second-order valence-corrected chi connectivity index (χ2v) is 5.37. The van der Waals surface area contributed by atoms with Gasteiger partial charge in [0, 0.05) is 16.3 Å². The summed E-state index contributed by atoms with van der Waals surface area (Å²) in [6.07, 6.45) is 0. The summed E-state index contributed by atoms with van der Waals surface area (Å²) in [6.45, 7) is 3.97. The molecule has 0 atom stereocenters. The van der Waals surface area contributed by atoms with Gasteiger partial charge in [0.2, 0.25) is 5.89 Å². The van der Waals surface area contributed by atoms with Crippen molar-refractivity contribution in [2.45, 2.75) is 26.6 Å². The van der Waals surface area contributed by atoms with Crippen LogP contribution in [0.15, 0.2) is 16.7 Å². The van der Waals surface area contributed by atoms with Gasteiger partial charge in [0.25, 0.3) is 0 Å². The molecule has 17 heavy (non-hydrogen) atoms. The summed E-state index contributed by atoms with van der Waals surface area (Å²) >= 11 is 1.81. The van der Waals surface area contributed by atoms with Crippen LogP contribution in [0.4, 0.5) is 0 Å². The lowest BCUT2D eigenvalue weighted by Crippen LogP contribution is -2.17. The monoisotopic (exact) mass is 252 g/mol.